The first-order valence-electron chi connectivity index (χ1n) is 7.75. The van der Waals surface area contributed by atoms with Crippen molar-refractivity contribution in [2.45, 2.75) is 24.8 Å². The van der Waals surface area contributed by atoms with Gasteiger partial charge in [-0.2, -0.15) is 0 Å². The molecule has 7 heteroatoms. The van der Waals surface area contributed by atoms with E-state index in [9.17, 15) is 13.2 Å². The number of aryl methyl sites for hydroxylation is 1. The Hall–Kier alpha value is -1.80. The second-order valence-electron chi connectivity index (χ2n) is 5.39. The SMILES string of the molecule is CCc1ccc(S(=O)(=O)NCc2ccc(C(=O)c3cccs3)s2)cc1. The normalized spacial score (nSPS) is 11.6. The summed E-state index contributed by atoms with van der Waals surface area (Å²) in [5.74, 6) is -0.0238. The molecule has 130 valence electrons. The van der Waals surface area contributed by atoms with E-state index in [2.05, 4.69) is 4.72 Å². The summed E-state index contributed by atoms with van der Waals surface area (Å²) >= 11 is 2.71. The molecule has 0 fully saturated rings. The second-order valence-corrected chi connectivity index (χ2v) is 9.28. The summed E-state index contributed by atoms with van der Waals surface area (Å²) in [5.41, 5.74) is 1.09. The summed E-state index contributed by atoms with van der Waals surface area (Å²) in [6.07, 6.45) is 0.865. The highest BCUT2D eigenvalue weighted by Crippen LogP contribution is 2.22. The fourth-order valence-electron chi connectivity index (χ4n) is 2.28. The van der Waals surface area contributed by atoms with Crippen molar-refractivity contribution in [3.63, 3.8) is 0 Å². The van der Waals surface area contributed by atoms with Crippen LogP contribution in [0.2, 0.25) is 0 Å². The van der Waals surface area contributed by atoms with Crippen molar-refractivity contribution in [3.05, 3.63) is 74.1 Å². The van der Waals surface area contributed by atoms with Crippen molar-refractivity contribution < 1.29 is 13.2 Å². The van der Waals surface area contributed by atoms with Crippen molar-refractivity contribution in [2.24, 2.45) is 0 Å². The number of ketones is 1. The predicted octanol–water partition coefficient (Wildman–Crippen LogP) is 4.08. The van der Waals surface area contributed by atoms with E-state index in [4.69, 9.17) is 0 Å². The molecule has 0 bridgehead atoms. The maximum absolute atomic E-state index is 12.4. The third-order valence-corrected chi connectivity index (χ3v) is 7.08. The van der Waals surface area contributed by atoms with E-state index in [0.29, 0.717) is 9.75 Å². The van der Waals surface area contributed by atoms with Crippen LogP contribution in [0.15, 0.2) is 58.8 Å². The van der Waals surface area contributed by atoms with Gasteiger partial charge >= 0.3 is 0 Å². The van der Waals surface area contributed by atoms with Gasteiger partial charge in [0.2, 0.25) is 15.8 Å². The monoisotopic (exact) mass is 391 g/mol. The zero-order valence-corrected chi connectivity index (χ0v) is 16.0. The van der Waals surface area contributed by atoms with Crippen LogP contribution in [0.3, 0.4) is 0 Å². The molecule has 2 aromatic heterocycles. The molecular weight excluding hydrogens is 374 g/mol. The summed E-state index contributed by atoms with van der Waals surface area (Å²) in [6, 6.07) is 14.0. The van der Waals surface area contributed by atoms with E-state index < -0.39 is 10.0 Å². The van der Waals surface area contributed by atoms with Crippen molar-refractivity contribution >= 4 is 38.5 Å². The van der Waals surface area contributed by atoms with Gasteiger partial charge in [-0.3, -0.25) is 4.79 Å². The molecule has 0 radical (unpaired) electrons. The Balaban J connectivity index is 1.68. The highest BCUT2D eigenvalue weighted by molar-refractivity contribution is 7.89. The number of carbonyl (C=O) groups is 1. The minimum atomic E-state index is -3.56. The van der Waals surface area contributed by atoms with Crippen molar-refractivity contribution in [3.8, 4) is 0 Å². The molecule has 3 aromatic rings. The third kappa shape index (κ3) is 4.24. The standard InChI is InChI=1S/C18H17NO3S3/c1-2-13-5-8-15(9-6-13)25(21,22)19-12-14-7-10-17(24-14)18(20)16-4-3-11-23-16/h3-11,19H,2,12H2,1H3. The lowest BCUT2D eigenvalue weighted by atomic mass is 10.2. The van der Waals surface area contributed by atoms with Gasteiger partial charge in [0.05, 0.1) is 14.6 Å². The molecule has 0 aliphatic rings. The van der Waals surface area contributed by atoms with Crippen LogP contribution in [0.4, 0.5) is 0 Å². The highest BCUT2D eigenvalue weighted by atomic mass is 32.2. The summed E-state index contributed by atoms with van der Waals surface area (Å²) < 4.78 is 27.3. The molecule has 1 aromatic carbocycles. The van der Waals surface area contributed by atoms with Gasteiger partial charge < -0.3 is 0 Å². The Bertz CT molecular complexity index is 955. The molecule has 0 aliphatic heterocycles. The molecule has 2 heterocycles. The Morgan fingerprint density at radius 2 is 1.80 bits per heavy atom. The second kappa shape index (κ2) is 7.61. The zero-order valence-electron chi connectivity index (χ0n) is 13.6. The third-order valence-electron chi connectivity index (χ3n) is 3.71. The first-order chi connectivity index (χ1) is 12.0. The Morgan fingerprint density at radius 3 is 2.44 bits per heavy atom. The first-order valence-corrected chi connectivity index (χ1v) is 10.9. The van der Waals surface area contributed by atoms with Crippen LogP contribution in [0, 0.1) is 0 Å². The maximum Gasteiger partial charge on any atom is 0.240 e. The van der Waals surface area contributed by atoms with E-state index in [1.54, 1.807) is 30.3 Å². The number of benzene rings is 1. The summed E-state index contributed by atoms with van der Waals surface area (Å²) in [6.45, 7) is 2.19. The van der Waals surface area contributed by atoms with Gasteiger partial charge in [-0.25, -0.2) is 13.1 Å². The molecule has 0 aliphatic carbocycles. The van der Waals surface area contributed by atoms with Crippen LogP contribution in [0.5, 0.6) is 0 Å². The number of nitrogens with one attached hydrogen (secondary N) is 1. The van der Waals surface area contributed by atoms with Gasteiger partial charge in [0.25, 0.3) is 0 Å². The van der Waals surface area contributed by atoms with E-state index in [-0.39, 0.29) is 17.2 Å². The molecule has 25 heavy (non-hydrogen) atoms. The smallest absolute Gasteiger partial charge is 0.240 e. The average molecular weight is 392 g/mol. The number of hydrogen-bond donors (Lipinski definition) is 1. The molecule has 3 rings (SSSR count). The van der Waals surface area contributed by atoms with Crippen LogP contribution in [0.25, 0.3) is 0 Å². The molecule has 0 amide bonds. The van der Waals surface area contributed by atoms with Gasteiger partial charge in [0, 0.05) is 11.4 Å². The van der Waals surface area contributed by atoms with E-state index in [1.165, 1.54) is 22.7 Å². The summed E-state index contributed by atoms with van der Waals surface area (Å²) in [5, 5.41) is 1.86. The average Bonchev–Trinajstić information content (AvgIpc) is 3.31. The molecule has 0 saturated carbocycles. The first kappa shape index (κ1) is 18.0. The number of hydrogen-bond acceptors (Lipinski definition) is 5. The lowest BCUT2D eigenvalue weighted by Gasteiger charge is -2.06. The summed E-state index contributed by atoms with van der Waals surface area (Å²) in [4.78, 5) is 14.6. The van der Waals surface area contributed by atoms with Gasteiger partial charge in [0.1, 0.15) is 0 Å². The van der Waals surface area contributed by atoms with Crippen molar-refractivity contribution in [2.75, 3.05) is 0 Å². The Labute approximate surface area is 155 Å². The topological polar surface area (TPSA) is 63.2 Å². The van der Waals surface area contributed by atoms with Gasteiger partial charge in [0.15, 0.2) is 0 Å². The van der Waals surface area contributed by atoms with Gasteiger partial charge in [-0.1, -0.05) is 25.1 Å². The molecule has 1 N–H and O–H groups in total. The zero-order chi connectivity index (χ0) is 17.9. The van der Waals surface area contributed by atoms with Crippen LogP contribution >= 0.6 is 22.7 Å². The fourth-order valence-corrected chi connectivity index (χ4v) is 5.02. The molecule has 4 nitrogen and oxygen atoms in total. The summed E-state index contributed by atoms with van der Waals surface area (Å²) in [7, 11) is -3.56. The molecule has 0 atom stereocenters. The van der Waals surface area contributed by atoms with Crippen LogP contribution in [-0.4, -0.2) is 14.2 Å². The Kier molecular flexibility index (Phi) is 5.48. The van der Waals surface area contributed by atoms with E-state index in [1.807, 2.05) is 30.5 Å². The number of thiophene rings is 2. The van der Waals surface area contributed by atoms with Gasteiger partial charge in [-0.05, 0) is 47.7 Å². The van der Waals surface area contributed by atoms with Crippen LogP contribution < -0.4 is 4.72 Å². The fraction of sp³-hybridized carbons (Fsp3) is 0.167. The molecule has 0 unspecified atom stereocenters. The minimum Gasteiger partial charge on any atom is -0.287 e. The molecular formula is C18H17NO3S3. The van der Waals surface area contributed by atoms with Crippen molar-refractivity contribution in [1.82, 2.24) is 4.72 Å². The predicted molar refractivity (Wildman–Crippen MR) is 102 cm³/mol. The lowest BCUT2D eigenvalue weighted by Crippen LogP contribution is -2.22. The molecule has 0 saturated heterocycles. The largest absolute Gasteiger partial charge is 0.287 e. The van der Waals surface area contributed by atoms with E-state index in [0.717, 1.165) is 16.9 Å². The van der Waals surface area contributed by atoms with Crippen LogP contribution in [-0.2, 0) is 23.0 Å². The van der Waals surface area contributed by atoms with Crippen molar-refractivity contribution in [1.29, 1.82) is 0 Å². The van der Waals surface area contributed by atoms with E-state index >= 15 is 0 Å². The molecule has 0 spiro atoms. The highest BCUT2D eigenvalue weighted by Gasteiger charge is 2.16. The van der Waals surface area contributed by atoms with Crippen LogP contribution in [0.1, 0.15) is 31.9 Å². The Morgan fingerprint density at radius 1 is 1.04 bits per heavy atom. The maximum atomic E-state index is 12.4. The number of rotatable bonds is 7. The lowest BCUT2D eigenvalue weighted by molar-refractivity contribution is 0.104. The quantitative estimate of drug-likeness (QED) is 0.617. The minimum absolute atomic E-state index is 0.0238. The van der Waals surface area contributed by atoms with Gasteiger partial charge in [-0.15, -0.1) is 22.7 Å². The number of sulfonamides is 1. The number of carbonyl (C=O) groups excluding carboxylic acids is 1.